The van der Waals surface area contributed by atoms with Gasteiger partial charge in [0.2, 0.25) is 0 Å². The molecule has 0 unspecified atom stereocenters. The third kappa shape index (κ3) is 4.21. The summed E-state index contributed by atoms with van der Waals surface area (Å²) in [5.74, 6) is 0.465. The fraction of sp³-hybridized carbons (Fsp3) is 0.417. The van der Waals surface area contributed by atoms with E-state index in [1.807, 2.05) is 36.4 Å². The van der Waals surface area contributed by atoms with Crippen LogP contribution in [-0.2, 0) is 4.57 Å². The topological polar surface area (TPSA) is 17.1 Å². The lowest BCUT2D eigenvalue weighted by molar-refractivity contribution is 0.411. The maximum atomic E-state index is 14.7. The minimum atomic E-state index is -2.78. The van der Waals surface area contributed by atoms with Crippen LogP contribution in [0.1, 0.15) is 58.3 Å². The molecule has 2 aromatic carbocycles. The Balaban J connectivity index is 2.12. The summed E-state index contributed by atoms with van der Waals surface area (Å²) in [6.45, 7) is 2.22. The van der Waals surface area contributed by atoms with Crippen molar-refractivity contribution >= 4 is 17.8 Å². The lowest BCUT2D eigenvalue weighted by atomic mass is 9.88. The van der Waals surface area contributed by atoms with E-state index < -0.39 is 7.14 Å². The lowest BCUT2D eigenvalue weighted by Gasteiger charge is -2.31. The minimum Gasteiger partial charge on any atom is -0.309 e. The molecule has 0 spiro atoms. The summed E-state index contributed by atoms with van der Waals surface area (Å²) in [7, 11) is -2.78. The van der Waals surface area contributed by atoms with Crippen molar-refractivity contribution in [3.63, 3.8) is 0 Å². The molecule has 0 aliphatic heterocycles. The van der Waals surface area contributed by atoms with Gasteiger partial charge in [-0.1, -0.05) is 106 Å². The Morgan fingerprint density at radius 2 is 1.46 bits per heavy atom. The van der Waals surface area contributed by atoms with Crippen molar-refractivity contribution in [1.29, 1.82) is 0 Å². The molecule has 0 bridgehead atoms. The molecule has 2 aromatic rings. The molecule has 0 aromatic heterocycles. The van der Waals surface area contributed by atoms with Crippen molar-refractivity contribution in [2.45, 2.75) is 58.3 Å². The summed E-state index contributed by atoms with van der Waals surface area (Å²) in [5, 5.41) is 3.20. The van der Waals surface area contributed by atoms with Crippen LogP contribution in [-0.4, -0.2) is 0 Å². The molecule has 1 aliphatic rings. The van der Waals surface area contributed by atoms with Gasteiger partial charge < -0.3 is 4.57 Å². The van der Waals surface area contributed by atoms with Crippen LogP contribution in [0.25, 0.3) is 0 Å². The Hall–Kier alpha value is -1.59. The number of benzene rings is 2. The zero-order valence-electron chi connectivity index (χ0n) is 15.9. The fourth-order valence-corrected chi connectivity index (χ4v) is 7.36. The van der Waals surface area contributed by atoms with Crippen molar-refractivity contribution in [2.24, 2.45) is 5.92 Å². The average Bonchev–Trinajstić information content (AvgIpc) is 2.73. The van der Waals surface area contributed by atoms with Crippen LogP contribution >= 0.6 is 7.14 Å². The van der Waals surface area contributed by atoms with Crippen LogP contribution in [0.15, 0.2) is 72.1 Å². The number of allylic oxidation sites excluding steroid dienone is 2. The SMILES string of the molecule is CCCC/C=C(\C1CCCCC1)P(=O)(c1ccccc1)c1ccccc1. The van der Waals surface area contributed by atoms with Crippen LogP contribution in [0.3, 0.4) is 0 Å². The van der Waals surface area contributed by atoms with Gasteiger partial charge in [0.05, 0.1) is 0 Å². The predicted molar refractivity (Wildman–Crippen MR) is 114 cm³/mol. The molecule has 3 rings (SSSR count). The Morgan fingerprint density at radius 3 is 1.96 bits per heavy atom. The van der Waals surface area contributed by atoms with Crippen molar-refractivity contribution in [3.8, 4) is 0 Å². The molecule has 1 fully saturated rings. The van der Waals surface area contributed by atoms with Gasteiger partial charge in [-0.2, -0.15) is 0 Å². The molecule has 1 nitrogen and oxygen atoms in total. The molecule has 1 saturated carbocycles. The standard InChI is InChI=1S/C24H31OP/c1-2-3-7-20-24(21-14-8-4-9-15-21)26(25,22-16-10-5-11-17-22)23-18-12-6-13-19-23/h5-6,10-13,16-21H,2-4,7-9,14-15H2,1H3/b24-20+. The molecule has 0 amide bonds. The van der Waals surface area contributed by atoms with Gasteiger partial charge in [-0.15, -0.1) is 0 Å². The van der Waals surface area contributed by atoms with Gasteiger partial charge in [0, 0.05) is 10.6 Å². The highest BCUT2D eigenvalue weighted by atomic mass is 31.2. The van der Waals surface area contributed by atoms with Gasteiger partial charge >= 0.3 is 0 Å². The molecule has 2 heteroatoms. The second-order valence-corrected chi connectivity index (χ2v) is 10.2. The van der Waals surface area contributed by atoms with Crippen LogP contribution < -0.4 is 10.6 Å². The molecule has 0 saturated heterocycles. The quantitative estimate of drug-likeness (QED) is 0.396. The minimum absolute atomic E-state index is 0.465. The van der Waals surface area contributed by atoms with Crippen molar-refractivity contribution < 1.29 is 4.57 Å². The van der Waals surface area contributed by atoms with Crippen molar-refractivity contribution in [3.05, 3.63) is 72.1 Å². The Bertz CT molecular complexity index is 699. The van der Waals surface area contributed by atoms with E-state index in [0.29, 0.717) is 5.92 Å². The largest absolute Gasteiger partial charge is 0.309 e. The van der Waals surface area contributed by atoms with Gasteiger partial charge in [-0.3, -0.25) is 0 Å². The first kappa shape index (κ1) is 19.2. The molecule has 0 radical (unpaired) electrons. The van der Waals surface area contributed by atoms with Gasteiger partial charge in [0.25, 0.3) is 0 Å². The van der Waals surface area contributed by atoms with Crippen LogP contribution in [0, 0.1) is 5.92 Å². The summed E-state index contributed by atoms with van der Waals surface area (Å²) in [6.07, 6.45) is 11.9. The summed E-state index contributed by atoms with van der Waals surface area (Å²) in [4.78, 5) is 0. The normalized spacial score (nSPS) is 16.6. The number of rotatable bonds is 7. The maximum Gasteiger partial charge on any atom is 0.167 e. The molecule has 1 aliphatic carbocycles. The summed E-state index contributed by atoms with van der Waals surface area (Å²) in [6, 6.07) is 20.4. The van der Waals surface area contributed by atoms with E-state index in [-0.39, 0.29) is 0 Å². The second kappa shape index (κ2) is 9.38. The second-order valence-electron chi connectivity index (χ2n) is 7.39. The third-order valence-electron chi connectivity index (χ3n) is 5.54. The van der Waals surface area contributed by atoms with E-state index in [1.165, 1.54) is 50.3 Å². The first-order chi connectivity index (χ1) is 12.8. The molecule has 138 valence electrons. The Kier molecular flexibility index (Phi) is 6.92. The highest BCUT2D eigenvalue weighted by Crippen LogP contribution is 2.57. The van der Waals surface area contributed by atoms with Crippen molar-refractivity contribution in [1.82, 2.24) is 0 Å². The smallest absolute Gasteiger partial charge is 0.167 e. The van der Waals surface area contributed by atoms with E-state index in [9.17, 15) is 4.57 Å². The fourth-order valence-electron chi connectivity index (χ4n) is 4.13. The maximum absolute atomic E-state index is 14.7. The molecule has 26 heavy (non-hydrogen) atoms. The average molecular weight is 366 g/mol. The Labute approximate surface area is 158 Å². The van der Waals surface area contributed by atoms with E-state index >= 15 is 0 Å². The number of unbranched alkanes of at least 4 members (excludes halogenated alkanes) is 2. The van der Waals surface area contributed by atoms with E-state index in [4.69, 9.17) is 0 Å². The highest BCUT2D eigenvalue weighted by molar-refractivity contribution is 7.82. The van der Waals surface area contributed by atoms with E-state index in [1.54, 1.807) is 0 Å². The summed E-state index contributed by atoms with van der Waals surface area (Å²) >= 11 is 0. The predicted octanol–water partition coefficient (Wildman–Crippen LogP) is 6.65. The number of hydrogen-bond donors (Lipinski definition) is 0. The molecular weight excluding hydrogens is 335 g/mol. The monoisotopic (exact) mass is 366 g/mol. The zero-order valence-corrected chi connectivity index (χ0v) is 16.8. The molecule has 0 heterocycles. The van der Waals surface area contributed by atoms with E-state index in [2.05, 4.69) is 37.3 Å². The lowest BCUT2D eigenvalue weighted by Crippen LogP contribution is -2.22. The summed E-state index contributed by atoms with van der Waals surface area (Å²) < 4.78 is 14.7. The van der Waals surface area contributed by atoms with Gasteiger partial charge in [-0.25, -0.2) is 0 Å². The molecular formula is C24H31OP. The highest BCUT2D eigenvalue weighted by Gasteiger charge is 2.36. The first-order valence-electron chi connectivity index (χ1n) is 10.2. The molecule has 0 N–H and O–H groups in total. The van der Waals surface area contributed by atoms with Gasteiger partial charge in [0.15, 0.2) is 7.14 Å². The summed E-state index contributed by atoms with van der Waals surface area (Å²) in [5.41, 5.74) is 0. The third-order valence-corrected chi connectivity index (χ3v) is 8.86. The van der Waals surface area contributed by atoms with Crippen molar-refractivity contribution in [2.75, 3.05) is 0 Å². The first-order valence-corrected chi connectivity index (χ1v) is 11.9. The van der Waals surface area contributed by atoms with E-state index in [0.717, 1.165) is 17.0 Å². The Morgan fingerprint density at radius 1 is 0.923 bits per heavy atom. The van der Waals surface area contributed by atoms with Crippen LogP contribution in [0.2, 0.25) is 0 Å². The molecule has 0 atom stereocenters. The van der Waals surface area contributed by atoms with Crippen LogP contribution in [0.4, 0.5) is 0 Å². The van der Waals surface area contributed by atoms with Gasteiger partial charge in [-0.05, 0) is 30.5 Å². The van der Waals surface area contributed by atoms with Crippen LogP contribution in [0.5, 0.6) is 0 Å². The van der Waals surface area contributed by atoms with Gasteiger partial charge in [0.1, 0.15) is 0 Å². The zero-order chi connectivity index (χ0) is 18.2. The number of hydrogen-bond acceptors (Lipinski definition) is 1.